The molecule has 2 rings (SSSR count). The van der Waals surface area contributed by atoms with Gasteiger partial charge in [-0.05, 0) is 23.8 Å². The zero-order valence-electron chi connectivity index (χ0n) is 11.2. The third-order valence-electron chi connectivity index (χ3n) is 2.95. The average Bonchev–Trinajstić information content (AvgIpc) is 2.42. The van der Waals surface area contributed by atoms with Crippen molar-refractivity contribution in [2.45, 2.75) is 17.7 Å². The Morgan fingerprint density at radius 1 is 1.05 bits per heavy atom. The molecule has 0 saturated heterocycles. The van der Waals surface area contributed by atoms with Crippen LogP contribution >= 0.6 is 11.6 Å². The van der Waals surface area contributed by atoms with Crippen molar-refractivity contribution in [3.8, 4) is 0 Å². The van der Waals surface area contributed by atoms with Gasteiger partial charge in [0.1, 0.15) is 5.82 Å². The molecule has 0 aliphatic rings. The van der Waals surface area contributed by atoms with Crippen LogP contribution in [0.5, 0.6) is 0 Å². The van der Waals surface area contributed by atoms with Crippen LogP contribution in [0, 0.1) is 5.82 Å². The maximum Gasteiger partial charge on any atom is 0.416 e. The second-order valence-electron chi connectivity index (χ2n) is 4.63. The molecule has 7 heteroatoms. The number of rotatable bonds is 4. The van der Waals surface area contributed by atoms with E-state index in [9.17, 15) is 21.8 Å². The highest BCUT2D eigenvalue weighted by molar-refractivity contribution is 7.83. The molecule has 22 heavy (non-hydrogen) atoms. The summed E-state index contributed by atoms with van der Waals surface area (Å²) < 4.78 is 63.5. The van der Waals surface area contributed by atoms with Crippen LogP contribution in [0.1, 0.15) is 16.7 Å². The molecule has 0 aromatic heterocycles. The van der Waals surface area contributed by atoms with Crippen LogP contribution in [-0.2, 0) is 28.5 Å². The minimum atomic E-state index is -4.45. The smallest absolute Gasteiger partial charge is 0.259 e. The Morgan fingerprint density at radius 3 is 2.36 bits per heavy atom. The van der Waals surface area contributed by atoms with Gasteiger partial charge >= 0.3 is 6.18 Å². The van der Waals surface area contributed by atoms with E-state index in [0.29, 0.717) is 0 Å². The maximum absolute atomic E-state index is 13.6. The predicted octanol–water partition coefficient (Wildman–Crippen LogP) is 4.95. The molecule has 2 aromatic carbocycles. The minimum absolute atomic E-state index is 0.103. The molecule has 0 bridgehead atoms. The summed E-state index contributed by atoms with van der Waals surface area (Å²) in [4.78, 5) is 0. The molecule has 0 fully saturated rings. The van der Waals surface area contributed by atoms with Crippen molar-refractivity contribution in [3.63, 3.8) is 0 Å². The summed E-state index contributed by atoms with van der Waals surface area (Å²) in [6.45, 7) is 0. The number of alkyl halides is 3. The number of hydrogen-bond acceptors (Lipinski definition) is 1. The Labute approximate surface area is 132 Å². The van der Waals surface area contributed by atoms with Gasteiger partial charge < -0.3 is 0 Å². The summed E-state index contributed by atoms with van der Waals surface area (Å²) in [6, 6.07) is 8.70. The van der Waals surface area contributed by atoms with Gasteiger partial charge in [0.2, 0.25) is 0 Å². The SMILES string of the molecule is O=[S@@](Cc1cccc(C(F)(F)F)c1)Cc1c(F)cccc1Cl. The molecule has 2 aromatic rings. The number of hydrogen-bond donors (Lipinski definition) is 0. The van der Waals surface area contributed by atoms with Crippen molar-refractivity contribution < 1.29 is 21.8 Å². The highest BCUT2D eigenvalue weighted by atomic mass is 35.5. The predicted molar refractivity (Wildman–Crippen MR) is 78.4 cm³/mol. The third-order valence-corrected chi connectivity index (χ3v) is 4.57. The molecule has 1 atom stereocenters. The van der Waals surface area contributed by atoms with Crippen LogP contribution in [0.25, 0.3) is 0 Å². The number of halogens is 5. The fourth-order valence-corrected chi connectivity index (χ4v) is 3.48. The second kappa shape index (κ2) is 6.79. The minimum Gasteiger partial charge on any atom is -0.259 e. The van der Waals surface area contributed by atoms with Gasteiger partial charge in [-0.3, -0.25) is 4.21 Å². The van der Waals surface area contributed by atoms with Crippen molar-refractivity contribution in [2.75, 3.05) is 0 Å². The van der Waals surface area contributed by atoms with E-state index in [4.69, 9.17) is 11.6 Å². The lowest BCUT2D eigenvalue weighted by Gasteiger charge is -2.09. The first kappa shape index (κ1) is 17.0. The lowest BCUT2D eigenvalue weighted by atomic mass is 10.1. The largest absolute Gasteiger partial charge is 0.416 e. The molecular formula is C15H11ClF4OS. The van der Waals surface area contributed by atoms with Crippen LogP contribution < -0.4 is 0 Å². The standard InChI is InChI=1S/C15H11ClF4OS/c16-13-5-2-6-14(17)12(13)9-22(21)8-10-3-1-4-11(7-10)15(18,19)20/h1-7H,8-9H2/t22-/m0/s1. The van der Waals surface area contributed by atoms with Crippen molar-refractivity contribution >= 4 is 22.4 Å². The van der Waals surface area contributed by atoms with Crippen LogP contribution in [0.15, 0.2) is 42.5 Å². The van der Waals surface area contributed by atoms with E-state index in [1.54, 1.807) is 0 Å². The molecule has 0 amide bonds. The molecular weight excluding hydrogens is 340 g/mol. The molecule has 0 spiro atoms. The van der Waals surface area contributed by atoms with E-state index in [-0.39, 0.29) is 27.7 Å². The van der Waals surface area contributed by atoms with E-state index in [1.165, 1.54) is 30.3 Å². The lowest BCUT2D eigenvalue weighted by molar-refractivity contribution is -0.137. The third kappa shape index (κ3) is 4.30. The van der Waals surface area contributed by atoms with Gasteiger partial charge in [0, 0.05) is 27.1 Å². The summed E-state index contributed by atoms with van der Waals surface area (Å²) >= 11 is 5.84. The molecule has 0 aliphatic heterocycles. The van der Waals surface area contributed by atoms with Gasteiger partial charge in [-0.1, -0.05) is 35.9 Å². The number of benzene rings is 2. The lowest BCUT2D eigenvalue weighted by Crippen LogP contribution is -2.07. The highest BCUT2D eigenvalue weighted by Crippen LogP contribution is 2.30. The summed E-state index contributed by atoms with van der Waals surface area (Å²) in [7, 11) is -1.57. The normalized spacial score (nSPS) is 13.1. The van der Waals surface area contributed by atoms with E-state index < -0.39 is 28.4 Å². The van der Waals surface area contributed by atoms with Gasteiger partial charge in [-0.2, -0.15) is 13.2 Å². The first-order chi connectivity index (χ1) is 10.3. The van der Waals surface area contributed by atoms with Crippen molar-refractivity contribution in [3.05, 3.63) is 70.0 Å². The van der Waals surface area contributed by atoms with E-state index in [1.807, 2.05) is 0 Å². The summed E-state index contributed by atoms with van der Waals surface area (Å²) in [5.74, 6) is -0.832. The van der Waals surface area contributed by atoms with E-state index in [0.717, 1.165) is 12.1 Å². The Bertz CT molecular complexity index is 680. The Kier molecular flexibility index (Phi) is 5.24. The summed E-state index contributed by atoms with van der Waals surface area (Å²) in [5, 5.41) is 0.150. The van der Waals surface area contributed by atoms with Crippen molar-refractivity contribution in [2.24, 2.45) is 0 Å². The molecule has 0 aliphatic carbocycles. The van der Waals surface area contributed by atoms with E-state index in [2.05, 4.69) is 0 Å². The summed E-state index contributed by atoms with van der Waals surface area (Å²) in [5.41, 5.74) is -0.416. The maximum atomic E-state index is 13.6. The van der Waals surface area contributed by atoms with Gasteiger partial charge in [-0.25, -0.2) is 4.39 Å². The van der Waals surface area contributed by atoms with Gasteiger partial charge in [0.25, 0.3) is 0 Å². The van der Waals surface area contributed by atoms with Crippen LogP contribution in [-0.4, -0.2) is 4.21 Å². The van der Waals surface area contributed by atoms with Crippen LogP contribution in [0.3, 0.4) is 0 Å². The highest BCUT2D eigenvalue weighted by Gasteiger charge is 2.30. The quantitative estimate of drug-likeness (QED) is 0.713. The molecule has 0 saturated carbocycles. The molecule has 0 unspecified atom stereocenters. The molecule has 1 nitrogen and oxygen atoms in total. The average molecular weight is 351 g/mol. The Hall–Kier alpha value is -1.40. The van der Waals surface area contributed by atoms with Gasteiger partial charge in [0.15, 0.2) is 0 Å². The zero-order chi connectivity index (χ0) is 16.3. The van der Waals surface area contributed by atoms with Gasteiger partial charge in [-0.15, -0.1) is 0 Å². The Balaban J connectivity index is 2.13. The summed E-state index contributed by atoms with van der Waals surface area (Å²) in [6.07, 6.45) is -4.45. The van der Waals surface area contributed by atoms with Crippen molar-refractivity contribution in [1.29, 1.82) is 0 Å². The first-order valence-electron chi connectivity index (χ1n) is 6.21. The second-order valence-corrected chi connectivity index (χ2v) is 6.49. The zero-order valence-corrected chi connectivity index (χ0v) is 12.7. The van der Waals surface area contributed by atoms with E-state index >= 15 is 0 Å². The molecule has 0 radical (unpaired) electrons. The Morgan fingerprint density at radius 2 is 1.73 bits per heavy atom. The molecule has 118 valence electrons. The van der Waals surface area contributed by atoms with Gasteiger partial charge in [0.05, 0.1) is 11.3 Å². The fraction of sp³-hybridized carbons (Fsp3) is 0.200. The monoisotopic (exact) mass is 350 g/mol. The van der Waals surface area contributed by atoms with Crippen LogP contribution in [0.2, 0.25) is 5.02 Å². The molecule has 0 N–H and O–H groups in total. The molecule has 0 heterocycles. The van der Waals surface area contributed by atoms with Crippen LogP contribution in [0.4, 0.5) is 17.6 Å². The first-order valence-corrected chi connectivity index (χ1v) is 8.08. The van der Waals surface area contributed by atoms with Crippen molar-refractivity contribution in [1.82, 2.24) is 0 Å². The topological polar surface area (TPSA) is 17.1 Å². The fourth-order valence-electron chi connectivity index (χ4n) is 1.91.